The van der Waals surface area contributed by atoms with Gasteiger partial charge >= 0.3 is 0 Å². The maximum Gasteiger partial charge on any atom is 0.113 e. The molecule has 0 aliphatic carbocycles. The van der Waals surface area contributed by atoms with Crippen LogP contribution in [-0.2, 0) is 0 Å². The highest BCUT2D eigenvalue weighted by Gasteiger charge is 2.02. The van der Waals surface area contributed by atoms with Crippen LogP contribution in [0, 0.1) is 13.8 Å². The standard InChI is InChI=1S/C9H11ClN2O/c1-6-3-7(2)9(8(10)4-6)11-5-12-13/h3-5,13H,1-2H3,(H,11,12). The molecular weight excluding hydrogens is 188 g/mol. The van der Waals surface area contributed by atoms with Gasteiger partial charge in [0.25, 0.3) is 0 Å². The molecule has 13 heavy (non-hydrogen) atoms. The van der Waals surface area contributed by atoms with E-state index in [0.29, 0.717) is 10.7 Å². The topological polar surface area (TPSA) is 44.6 Å². The number of halogens is 1. The minimum atomic E-state index is 0.587. The molecule has 70 valence electrons. The Balaban J connectivity index is 3.13. The van der Waals surface area contributed by atoms with Crippen molar-refractivity contribution in [3.05, 3.63) is 28.3 Å². The van der Waals surface area contributed by atoms with Gasteiger partial charge in [0.2, 0.25) is 0 Å². The number of benzene rings is 1. The molecular formula is C9H11ClN2O. The van der Waals surface area contributed by atoms with Crippen LogP contribution in [0.4, 0.5) is 5.69 Å². The van der Waals surface area contributed by atoms with Gasteiger partial charge in [0.15, 0.2) is 0 Å². The number of hydroxylamine groups is 1. The van der Waals surface area contributed by atoms with Gasteiger partial charge in [0.05, 0.1) is 10.7 Å². The predicted octanol–water partition coefficient (Wildman–Crippen LogP) is 2.60. The first kappa shape index (κ1) is 10.0. The number of hydrogen-bond acceptors (Lipinski definition) is 2. The van der Waals surface area contributed by atoms with E-state index >= 15 is 0 Å². The van der Waals surface area contributed by atoms with E-state index in [0.717, 1.165) is 11.1 Å². The van der Waals surface area contributed by atoms with E-state index in [-0.39, 0.29) is 0 Å². The van der Waals surface area contributed by atoms with Crippen molar-refractivity contribution in [2.75, 3.05) is 0 Å². The second-order valence-corrected chi connectivity index (χ2v) is 3.21. The average Bonchev–Trinajstić information content (AvgIpc) is 2.02. The Morgan fingerprint density at radius 3 is 2.69 bits per heavy atom. The van der Waals surface area contributed by atoms with Crippen LogP contribution >= 0.6 is 11.6 Å². The van der Waals surface area contributed by atoms with Crippen molar-refractivity contribution >= 4 is 23.6 Å². The third kappa shape index (κ3) is 2.44. The van der Waals surface area contributed by atoms with Crippen LogP contribution in [-0.4, -0.2) is 11.5 Å². The lowest BCUT2D eigenvalue weighted by Crippen LogP contribution is -2.01. The summed E-state index contributed by atoms with van der Waals surface area (Å²) >= 11 is 5.95. The summed E-state index contributed by atoms with van der Waals surface area (Å²) in [5.74, 6) is 0. The Morgan fingerprint density at radius 2 is 2.15 bits per heavy atom. The van der Waals surface area contributed by atoms with E-state index < -0.39 is 0 Å². The second kappa shape index (κ2) is 4.25. The van der Waals surface area contributed by atoms with Gasteiger partial charge in [-0.1, -0.05) is 17.7 Å². The largest absolute Gasteiger partial charge is 0.290 e. The summed E-state index contributed by atoms with van der Waals surface area (Å²) in [5.41, 5.74) is 4.59. The van der Waals surface area contributed by atoms with Crippen molar-refractivity contribution in [3.8, 4) is 0 Å². The van der Waals surface area contributed by atoms with Gasteiger partial charge in [0.1, 0.15) is 6.34 Å². The molecule has 0 spiro atoms. The Morgan fingerprint density at radius 1 is 1.46 bits per heavy atom. The third-order valence-electron chi connectivity index (χ3n) is 1.65. The molecule has 4 heteroatoms. The predicted molar refractivity (Wildman–Crippen MR) is 54.0 cm³/mol. The molecule has 0 saturated carbocycles. The minimum Gasteiger partial charge on any atom is -0.290 e. The molecule has 0 saturated heterocycles. The van der Waals surface area contributed by atoms with Crippen molar-refractivity contribution in [1.82, 2.24) is 5.48 Å². The molecule has 1 aromatic rings. The Bertz CT molecular complexity index is 313. The zero-order chi connectivity index (χ0) is 9.84. The van der Waals surface area contributed by atoms with Crippen molar-refractivity contribution < 1.29 is 5.21 Å². The number of nitrogens with one attached hydrogen (secondary N) is 1. The average molecular weight is 199 g/mol. The van der Waals surface area contributed by atoms with Crippen LogP contribution in [0.3, 0.4) is 0 Å². The van der Waals surface area contributed by atoms with Gasteiger partial charge in [-0.3, -0.25) is 10.7 Å². The van der Waals surface area contributed by atoms with Gasteiger partial charge < -0.3 is 0 Å². The van der Waals surface area contributed by atoms with Crippen LogP contribution in [0.25, 0.3) is 0 Å². The van der Waals surface area contributed by atoms with Gasteiger partial charge in [-0.2, -0.15) is 0 Å². The van der Waals surface area contributed by atoms with Crippen molar-refractivity contribution in [1.29, 1.82) is 0 Å². The second-order valence-electron chi connectivity index (χ2n) is 2.80. The zero-order valence-electron chi connectivity index (χ0n) is 7.50. The summed E-state index contributed by atoms with van der Waals surface area (Å²) in [6.07, 6.45) is 1.18. The van der Waals surface area contributed by atoms with Crippen LogP contribution in [0.1, 0.15) is 11.1 Å². The first-order valence-electron chi connectivity index (χ1n) is 3.84. The number of hydrogen-bond donors (Lipinski definition) is 2. The van der Waals surface area contributed by atoms with Crippen molar-refractivity contribution in [2.24, 2.45) is 4.99 Å². The highest BCUT2D eigenvalue weighted by molar-refractivity contribution is 6.33. The van der Waals surface area contributed by atoms with Gasteiger partial charge in [-0.05, 0) is 31.0 Å². The summed E-state index contributed by atoms with van der Waals surface area (Å²) in [4.78, 5) is 3.95. The summed E-state index contributed by atoms with van der Waals surface area (Å²) in [6.45, 7) is 3.89. The summed E-state index contributed by atoms with van der Waals surface area (Å²) in [5, 5.41) is 8.91. The fraction of sp³-hybridized carbons (Fsp3) is 0.222. The molecule has 0 bridgehead atoms. The summed E-state index contributed by atoms with van der Waals surface area (Å²) in [7, 11) is 0. The first-order chi connectivity index (χ1) is 6.15. The monoisotopic (exact) mass is 198 g/mol. The summed E-state index contributed by atoms with van der Waals surface area (Å²) < 4.78 is 0. The number of nitrogens with zero attached hydrogens (tertiary/aromatic N) is 1. The van der Waals surface area contributed by atoms with E-state index in [1.165, 1.54) is 6.34 Å². The molecule has 0 atom stereocenters. The lowest BCUT2D eigenvalue weighted by Gasteiger charge is -2.03. The van der Waals surface area contributed by atoms with E-state index in [2.05, 4.69) is 4.99 Å². The zero-order valence-corrected chi connectivity index (χ0v) is 8.26. The number of aryl methyl sites for hydroxylation is 2. The third-order valence-corrected chi connectivity index (χ3v) is 1.94. The number of rotatable bonds is 2. The molecule has 3 nitrogen and oxygen atoms in total. The Labute approximate surface area is 82.0 Å². The van der Waals surface area contributed by atoms with Crippen LogP contribution in [0.2, 0.25) is 5.02 Å². The van der Waals surface area contributed by atoms with E-state index in [9.17, 15) is 0 Å². The maximum absolute atomic E-state index is 8.32. The van der Waals surface area contributed by atoms with E-state index in [1.807, 2.05) is 31.5 Å². The van der Waals surface area contributed by atoms with Crippen molar-refractivity contribution in [2.45, 2.75) is 13.8 Å². The fourth-order valence-corrected chi connectivity index (χ4v) is 1.53. The number of aliphatic imine (C=N–C) groups is 1. The maximum atomic E-state index is 8.32. The molecule has 0 aliphatic rings. The quantitative estimate of drug-likeness (QED) is 0.436. The molecule has 0 unspecified atom stereocenters. The molecule has 2 N–H and O–H groups in total. The van der Waals surface area contributed by atoms with Crippen LogP contribution < -0.4 is 5.48 Å². The van der Waals surface area contributed by atoms with Gasteiger partial charge in [-0.25, -0.2) is 4.99 Å². The smallest absolute Gasteiger partial charge is 0.113 e. The lowest BCUT2D eigenvalue weighted by atomic mass is 10.1. The van der Waals surface area contributed by atoms with Gasteiger partial charge in [0, 0.05) is 0 Å². The van der Waals surface area contributed by atoms with E-state index in [1.54, 1.807) is 0 Å². The lowest BCUT2D eigenvalue weighted by molar-refractivity contribution is 0.240. The van der Waals surface area contributed by atoms with Crippen molar-refractivity contribution in [3.63, 3.8) is 0 Å². The first-order valence-corrected chi connectivity index (χ1v) is 4.22. The highest BCUT2D eigenvalue weighted by Crippen LogP contribution is 2.29. The SMILES string of the molecule is Cc1cc(C)c(N=CNO)c(Cl)c1. The Kier molecular flexibility index (Phi) is 3.28. The Hall–Kier alpha value is -1.06. The molecule has 0 fully saturated rings. The van der Waals surface area contributed by atoms with E-state index in [4.69, 9.17) is 16.8 Å². The highest BCUT2D eigenvalue weighted by atomic mass is 35.5. The molecule has 0 aliphatic heterocycles. The molecule has 1 rings (SSSR count). The molecule has 0 aromatic heterocycles. The molecule has 1 aromatic carbocycles. The van der Waals surface area contributed by atoms with Gasteiger partial charge in [-0.15, -0.1) is 0 Å². The minimum absolute atomic E-state index is 0.587. The molecule has 0 amide bonds. The molecule has 0 radical (unpaired) electrons. The fourth-order valence-electron chi connectivity index (χ4n) is 1.17. The normalized spacial score (nSPS) is 10.8. The summed E-state index contributed by atoms with van der Waals surface area (Å²) in [6, 6.07) is 3.81. The van der Waals surface area contributed by atoms with Crippen LogP contribution in [0.5, 0.6) is 0 Å². The van der Waals surface area contributed by atoms with Crippen LogP contribution in [0.15, 0.2) is 17.1 Å². The molecule has 0 heterocycles.